The highest BCUT2D eigenvalue weighted by Gasteiger charge is 2.39. The van der Waals surface area contributed by atoms with Gasteiger partial charge in [-0.3, -0.25) is 14.6 Å². The highest BCUT2D eigenvalue weighted by Crippen LogP contribution is 2.51. The van der Waals surface area contributed by atoms with Gasteiger partial charge in [-0.1, -0.05) is 48.2 Å². The summed E-state index contributed by atoms with van der Waals surface area (Å²) in [5.74, 6) is -0.0669. The Kier molecular flexibility index (Phi) is 8.53. The molecule has 0 radical (unpaired) electrons. The molecule has 3 aliphatic rings. The summed E-state index contributed by atoms with van der Waals surface area (Å²) in [4.78, 5) is 27.0. The highest BCUT2D eigenvalue weighted by molar-refractivity contribution is 8.19. The first-order valence-corrected chi connectivity index (χ1v) is 15.6. The van der Waals surface area contributed by atoms with Crippen molar-refractivity contribution in [2.45, 2.75) is 18.4 Å². The fourth-order valence-corrected chi connectivity index (χ4v) is 7.45. The lowest BCUT2D eigenvalue weighted by atomic mass is 10.1. The minimum absolute atomic E-state index is 0.0669. The molecule has 214 valence electrons. The van der Waals surface area contributed by atoms with Gasteiger partial charge in [0, 0.05) is 43.8 Å². The van der Waals surface area contributed by atoms with Crippen molar-refractivity contribution in [1.29, 1.82) is 5.26 Å². The van der Waals surface area contributed by atoms with Gasteiger partial charge in [0.1, 0.15) is 4.91 Å². The molecule has 0 unspecified atom stereocenters. The molecule has 6 rings (SSSR count). The first-order valence-electron chi connectivity index (χ1n) is 14.0. The number of nitriles is 1. The van der Waals surface area contributed by atoms with Gasteiger partial charge in [-0.15, -0.1) is 0 Å². The molecule has 0 aliphatic carbocycles. The minimum atomic E-state index is -0.0669. The largest absolute Gasteiger partial charge is 0.384 e. The molecule has 3 aliphatic heterocycles. The number of benzene rings is 3. The molecular weight excluding hydrogens is 565 g/mol. The van der Waals surface area contributed by atoms with E-state index in [-0.39, 0.29) is 5.91 Å². The number of rotatable bonds is 7. The first kappa shape index (κ1) is 28.4. The molecule has 0 bridgehead atoms. The smallest absolute Gasteiger partial charge is 0.269 e. The number of carbonyl (C=O) groups excluding carboxylic acids is 1. The normalized spacial score (nSPS) is 19.8. The number of aliphatic imine (C=N–C) groups is 1. The molecule has 0 aromatic heterocycles. The first-order chi connectivity index (χ1) is 20.5. The molecule has 0 atom stereocenters. The molecule has 0 spiro atoms. The number of morpholine rings is 1. The Morgan fingerprint density at radius 2 is 1.86 bits per heavy atom. The van der Waals surface area contributed by atoms with Crippen molar-refractivity contribution in [3.05, 3.63) is 93.4 Å². The Labute approximate surface area is 255 Å². The number of nitrogens with one attached hydrogen (secondary N) is 1. The van der Waals surface area contributed by atoms with Crippen LogP contribution in [0.1, 0.15) is 16.7 Å². The number of amides is 1. The van der Waals surface area contributed by atoms with E-state index in [1.807, 2.05) is 50.4 Å². The summed E-state index contributed by atoms with van der Waals surface area (Å²) in [6.07, 6.45) is 0. The highest BCUT2D eigenvalue weighted by atomic mass is 32.2. The fourth-order valence-electron chi connectivity index (χ4n) is 5.07. The van der Waals surface area contributed by atoms with Gasteiger partial charge in [0.15, 0.2) is 5.17 Å². The van der Waals surface area contributed by atoms with Gasteiger partial charge in [0.05, 0.1) is 47.8 Å². The summed E-state index contributed by atoms with van der Waals surface area (Å²) in [6, 6.07) is 24.0. The third-order valence-electron chi connectivity index (χ3n) is 7.49. The summed E-state index contributed by atoms with van der Waals surface area (Å²) in [6.45, 7) is 7.78. The van der Waals surface area contributed by atoms with Crippen LogP contribution in [0.4, 0.5) is 17.1 Å². The van der Waals surface area contributed by atoms with E-state index in [4.69, 9.17) is 9.73 Å². The number of fused-ring (bicyclic) bond motifs is 1. The van der Waals surface area contributed by atoms with E-state index in [1.54, 1.807) is 28.8 Å². The molecule has 10 heteroatoms. The Morgan fingerprint density at radius 1 is 1.05 bits per heavy atom. The summed E-state index contributed by atoms with van der Waals surface area (Å²) < 4.78 is 5.45. The van der Waals surface area contributed by atoms with Crippen LogP contribution >= 0.6 is 23.5 Å². The van der Waals surface area contributed by atoms with Gasteiger partial charge in [-0.05, 0) is 60.1 Å². The van der Waals surface area contributed by atoms with E-state index in [9.17, 15) is 10.1 Å². The predicted molar refractivity (Wildman–Crippen MR) is 171 cm³/mol. The number of nitrogens with zero attached hydrogens (tertiary/aromatic N) is 5. The lowest BCUT2D eigenvalue weighted by molar-refractivity contribution is -0.122. The SMILES string of the molecule is Cc1ccc(C#N)cc1N=C1S/C(=C2\Sc3cc(NCCN4CCOCC4)ccc3N2C)C(=O)N1Cc1ccccc1. The quantitative estimate of drug-likeness (QED) is 0.344. The van der Waals surface area contributed by atoms with E-state index < -0.39 is 0 Å². The van der Waals surface area contributed by atoms with Crippen molar-refractivity contribution in [2.24, 2.45) is 4.99 Å². The van der Waals surface area contributed by atoms with Gasteiger partial charge in [0.2, 0.25) is 0 Å². The van der Waals surface area contributed by atoms with Crippen molar-refractivity contribution in [2.75, 3.05) is 56.7 Å². The molecule has 2 saturated heterocycles. The Morgan fingerprint density at radius 3 is 2.64 bits per heavy atom. The number of hydrogen-bond acceptors (Lipinski definition) is 9. The van der Waals surface area contributed by atoms with E-state index in [0.717, 1.165) is 71.8 Å². The maximum Gasteiger partial charge on any atom is 0.269 e. The molecule has 3 aromatic rings. The Bertz CT molecular complexity index is 1590. The standard InChI is InChI=1S/C32H32N6O2S2/c1-22-8-9-24(20-33)18-26(22)35-32-38(21-23-6-4-3-5-7-23)30(39)29(42-32)31-36(2)27-11-10-25(19-28(27)41-31)34-12-13-37-14-16-40-17-15-37/h3-11,18-19,34H,12-17,21H2,1-2H3/b31-29-,35-32?. The lowest BCUT2D eigenvalue weighted by Crippen LogP contribution is -2.39. The van der Waals surface area contributed by atoms with Gasteiger partial charge in [-0.25, -0.2) is 4.99 Å². The maximum absolute atomic E-state index is 14.0. The van der Waals surface area contributed by atoms with Gasteiger partial charge < -0.3 is 15.0 Å². The average Bonchev–Trinajstić information content (AvgIpc) is 3.50. The van der Waals surface area contributed by atoms with Crippen LogP contribution in [0.2, 0.25) is 0 Å². The van der Waals surface area contributed by atoms with E-state index in [1.165, 1.54) is 11.8 Å². The van der Waals surface area contributed by atoms with Crippen LogP contribution in [0, 0.1) is 18.3 Å². The number of hydrogen-bond donors (Lipinski definition) is 1. The fraction of sp³-hybridized carbons (Fsp3) is 0.281. The summed E-state index contributed by atoms with van der Waals surface area (Å²) in [7, 11) is 2.01. The zero-order valence-corrected chi connectivity index (χ0v) is 25.3. The number of amidine groups is 1. The van der Waals surface area contributed by atoms with Crippen molar-refractivity contribution >= 4 is 51.7 Å². The summed E-state index contributed by atoms with van der Waals surface area (Å²) in [5.41, 5.74) is 5.35. The molecule has 8 nitrogen and oxygen atoms in total. The molecule has 42 heavy (non-hydrogen) atoms. The molecule has 0 saturated carbocycles. The second-order valence-corrected chi connectivity index (χ2v) is 12.4. The molecule has 2 fully saturated rings. The zero-order valence-electron chi connectivity index (χ0n) is 23.7. The van der Waals surface area contributed by atoms with Crippen LogP contribution in [0.5, 0.6) is 0 Å². The summed E-state index contributed by atoms with van der Waals surface area (Å²) >= 11 is 3.02. The van der Waals surface area contributed by atoms with Crippen LogP contribution in [0.3, 0.4) is 0 Å². The number of aryl methyl sites for hydroxylation is 1. The second kappa shape index (κ2) is 12.6. The van der Waals surface area contributed by atoms with Crippen LogP contribution in [-0.2, 0) is 16.1 Å². The topological polar surface area (TPSA) is 84.2 Å². The lowest BCUT2D eigenvalue weighted by Gasteiger charge is -2.26. The average molecular weight is 597 g/mol. The van der Waals surface area contributed by atoms with E-state index in [2.05, 4.69) is 39.4 Å². The molecule has 1 amide bonds. The van der Waals surface area contributed by atoms with Crippen molar-refractivity contribution < 1.29 is 9.53 Å². The molecule has 3 heterocycles. The van der Waals surface area contributed by atoms with Crippen LogP contribution in [0.15, 0.2) is 86.6 Å². The number of carbonyl (C=O) groups is 1. The van der Waals surface area contributed by atoms with Crippen molar-refractivity contribution in [3.8, 4) is 6.07 Å². The monoisotopic (exact) mass is 596 g/mol. The summed E-state index contributed by atoms with van der Waals surface area (Å²) in [5, 5.41) is 14.5. The maximum atomic E-state index is 14.0. The number of ether oxygens (including phenoxy) is 1. The number of anilines is 2. The van der Waals surface area contributed by atoms with Crippen molar-refractivity contribution in [3.63, 3.8) is 0 Å². The third kappa shape index (κ3) is 6.05. The van der Waals surface area contributed by atoms with Crippen LogP contribution in [-0.4, -0.2) is 67.3 Å². The molecule has 3 aromatic carbocycles. The minimum Gasteiger partial charge on any atom is -0.384 e. The van der Waals surface area contributed by atoms with Gasteiger partial charge in [0.25, 0.3) is 5.91 Å². The Hall–Kier alpha value is -3.75. The second-order valence-electron chi connectivity index (χ2n) is 10.3. The molecule has 1 N–H and O–H groups in total. The number of thioether (sulfide) groups is 2. The van der Waals surface area contributed by atoms with Crippen LogP contribution < -0.4 is 10.2 Å². The third-order valence-corrected chi connectivity index (χ3v) is 9.90. The van der Waals surface area contributed by atoms with E-state index in [0.29, 0.717) is 27.9 Å². The Balaban J connectivity index is 1.27. The predicted octanol–water partition coefficient (Wildman–Crippen LogP) is 5.79. The molecular formula is C32H32N6O2S2. The van der Waals surface area contributed by atoms with E-state index >= 15 is 0 Å². The van der Waals surface area contributed by atoms with Crippen molar-refractivity contribution in [1.82, 2.24) is 9.80 Å². The van der Waals surface area contributed by atoms with Gasteiger partial charge in [-0.2, -0.15) is 5.26 Å². The van der Waals surface area contributed by atoms with Gasteiger partial charge >= 0.3 is 0 Å². The van der Waals surface area contributed by atoms with Crippen LogP contribution in [0.25, 0.3) is 0 Å². The zero-order chi connectivity index (χ0) is 29.1.